The van der Waals surface area contributed by atoms with Crippen molar-refractivity contribution in [3.63, 3.8) is 0 Å². The Morgan fingerprint density at radius 1 is 0.875 bits per heavy atom. The third-order valence-corrected chi connectivity index (χ3v) is 3.91. The Balaban J connectivity index is 2.12. The highest BCUT2D eigenvalue weighted by Crippen LogP contribution is 2.29. The highest BCUT2D eigenvalue weighted by atomic mass is 16.5. The van der Waals surface area contributed by atoms with E-state index in [1.165, 1.54) is 13.2 Å². The summed E-state index contributed by atoms with van der Waals surface area (Å²) < 4.78 is 4.63. The molecule has 1 aromatic heterocycles. The molecule has 1 heterocycles. The molecule has 3 rings (SSSR count). The fraction of sp³-hybridized carbons (Fsp3) is 0.100. The number of carbonyl (C=O) groups excluding carboxylic acids is 1. The molecule has 0 aliphatic carbocycles. The maximum Gasteiger partial charge on any atom is 0.343 e. The number of methoxy groups -OCH3 is 1. The summed E-state index contributed by atoms with van der Waals surface area (Å²) in [7, 11) is 1.26. The lowest BCUT2D eigenvalue weighted by Gasteiger charge is -2.18. The molecule has 0 radical (unpaired) electrons. The molecule has 0 atom stereocenters. The quantitative estimate of drug-likeness (QED) is 0.750. The monoisotopic (exact) mass is 319 g/mol. The van der Waals surface area contributed by atoms with Crippen molar-refractivity contribution in [3.05, 3.63) is 106 Å². The van der Waals surface area contributed by atoms with Crippen LogP contribution < -0.4 is 5.56 Å². The molecule has 0 aliphatic heterocycles. The van der Waals surface area contributed by atoms with Gasteiger partial charge in [-0.3, -0.25) is 4.79 Å². The smallest absolute Gasteiger partial charge is 0.343 e. The summed E-state index contributed by atoms with van der Waals surface area (Å²) >= 11 is 0. The Morgan fingerprint density at radius 2 is 1.42 bits per heavy atom. The van der Waals surface area contributed by atoms with E-state index < -0.39 is 11.5 Å². The second kappa shape index (κ2) is 6.96. The summed E-state index contributed by atoms with van der Waals surface area (Å²) in [6.45, 7) is 0. The number of esters is 1. The normalized spacial score (nSPS) is 10.6. The maximum absolute atomic E-state index is 12.3. The zero-order chi connectivity index (χ0) is 16.9. The first-order valence-corrected chi connectivity index (χ1v) is 7.62. The Bertz CT molecular complexity index is 846. The summed E-state index contributed by atoms with van der Waals surface area (Å²) in [5.74, 6) is -0.759. The topological polar surface area (TPSA) is 59.2 Å². The van der Waals surface area contributed by atoms with E-state index in [0.29, 0.717) is 0 Å². The molecule has 0 aliphatic rings. The van der Waals surface area contributed by atoms with Crippen LogP contribution in [0.4, 0.5) is 0 Å². The molecule has 0 saturated carbocycles. The average Bonchev–Trinajstić information content (AvgIpc) is 2.63. The first kappa shape index (κ1) is 15.7. The molecule has 1 N–H and O–H groups in total. The molecule has 0 fully saturated rings. The number of pyridine rings is 1. The molecule has 0 amide bonds. The molecule has 3 aromatic rings. The van der Waals surface area contributed by atoms with Crippen molar-refractivity contribution < 1.29 is 9.53 Å². The average molecular weight is 319 g/mol. The van der Waals surface area contributed by atoms with Crippen LogP contribution in [0, 0.1) is 0 Å². The van der Waals surface area contributed by atoms with E-state index in [1.807, 2.05) is 60.7 Å². The Hall–Kier alpha value is -3.14. The second-order valence-corrected chi connectivity index (χ2v) is 5.40. The van der Waals surface area contributed by atoms with Crippen molar-refractivity contribution >= 4 is 5.97 Å². The number of hydrogen-bond donors (Lipinski definition) is 1. The SMILES string of the molecule is COC(=O)c1ccc(C(c2ccccc2)c2ccccc2)[nH]c1=O. The van der Waals surface area contributed by atoms with E-state index in [1.54, 1.807) is 6.07 Å². The number of aromatic amines is 1. The molecular weight excluding hydrogens is 302 g/mol. The van der Waals surface area contributed by atoms with Crippen molar-refractivity contribution in [2.24, 2.45) is 0 Å². The third kappa shape index (κ3) is 3.13. The van der Waals surface area contributed by atoms with Crippen LogP contribution in [0.1, 0.15) is 33.1 Å². The van der Waals surface area contributed by atoms with E-state index in [2.05, 4.69) is 9.72 Å². The minimum absolute atomic E-state index is 0.00104. The minimum atomic E-state index is -0.640. The Labute approximate surface area is 139 Å². The molecule has 4 heteroatoms. The van der Waals surface area contributed by atoms with Gasteiger partial charge in [-0.15, -0.1) is 0 Å². The van der Waals surface area contributed by atoms with Crippen LogP contribution >= 0.6 is 0 Å². The third-order valence-electron chi connectivity index (χ3n) is 3.91. The molecule has 4 nitrogen and oxygen atoms in total. The number of ether oxygens (including phenoxy) is 1. The van der Waals surface area contributed by atoms with Crippen LogP contribution in [0.3, 0.4) is 0 Å². The molecule has 120 valence electrons. The van der Waals surface area contributed by atoms with Gasteiger partial charge in [-0.1, -0.05) is 60.7 Å². The highest BCUT2D eigenvalue weighted by molar-refractivity contribution is 5.88. The van der Waals surface area contributed by atoms with Crippen LogP contribution in [0.15, 0.2) is 77.6 Å². The van der Waals surface area contributed by atoms with Gasteiger partial charge in [0.25, 0.3) is 5.56 Å². The number of hydrogen-bond acceptors (Lipinski definition) is 3. The van der Waals surface area contributed by atoms with E-state index in [-0.39, 0.29) is 11.5 Å². The first-order valence-electron chi connectivity index (χ1n) is 7.62. The largest absolute Gasteiger partial charge is 0.465 e. The van der Waals surface area contributed by atoms with Gasteiger partial charge >= 0.3 is 5.97 Å². The van der Waals surface area contributed by atoms with Crippen LogP contribution in [-0.4, -0.2) is 18.1 Å². The van der Waals surface area contributed by atoms with Gasteiger partial charge in [0.2, 0.25) is 0 Å². The van der Waals surface area contributed by atoms with Gasteiger partial charge in [-0.2, -0.15) is 0 Å². The van der Waals surface area contributed by atoms with E-state index >= 15 is 0 Å². The highest BCUT2D eigenvalue weighted by Gasteiger charge is 2.19. The predicted octanol–water partition coefficient (Wildman–Crippen LogP) is 3.34. The summed E-state index contributed by atoms with van der Waals surface area (Å²) in [6.07, 6.45) is 0. The van der Waals surface area contributed by atoms with Gasteiger partial charge < -0.3 is 9.72 Å². The maximum atomic E-state index is 12.3. The second-order valence-electron chi connectivity index (χ2n) is 5.40. The zero-order valence-electron chi connectivity index (χ0n) is 13.2. The van der Waals surface area contributed by atoms with Crippen molar-refractivity contribution in [3.8, 4) is 0 Å². The van der Waals surface area contributed by atoms with Crippen LogP contribution in [0.25, 0.3) is 0 Å². The Kier molecular flexibility index (Phi) is 4.57. The molecule has 0 saturated heterocycles. The zero-order valence-corrected chi connectivity index (χ0v) is 13.2. The fourth-order valence-corrected chi connectivity index (χ4v) is 2.77. The Morgan fingerprint density at radius 3 is 1.88 bits per heavy atom. The van der Waals surface area contributed by atoms with Crippen molar-refractivity contribution in [2.45, 2.75) is 5.92 Å². The summed E-state index contributed by atoms with van der Waals surface area (Å²) in [5.41, 5.74) is 2.40. The molecule has 0 spiro atoms. The van der Waals surface area contributed by atoms with Gasteiger partial charge in [0, 0.05) is 11.6 Å². The van der Waals surface area contributed by atoms with E-state index in [9.17, 15) is 9.59 Å². The number of rotatable bonds is 4. The van der Waals surface area contributed by atoms with E-state index in [0.717, 1.165) is 16.8 Å². The van der Waals surface area contributed by atoms with Gasteiger partial charge in [-0.05, 0) is 23.3 Å². The molecule has 0 unspecified atom stereocenters. The van der Waals surface area contributed by atoms with Gasteiger partial charge in [0.05, 0.1) is 7.11 Å². The standard InChI is InChI=1S/C20H17NO3/c1-24-20(23)16-12-13-17(21-19(16)22)18(14-8-4-2-5-9-14)15-10-6-3-7-11-15/h2-13,18H,1H3,(H,21,22). The molecule has 24 heavy (non-hydrogen) atoms. The summed E-state index contributed by atoms with van der Waals surface area (Å²) in [4.78, 5) is 26.7. The van der Waals surface area contributed by atoms with Gasteiger partial charge in [0.15, 0.2) is 0 Å². The van der Waals surface area contributed by atoms with Crippen molar-refractivity contribution in [1.82, 2.24) is 4.98 Å². The molecule has 2 aromatic carbocycles. The van der Waals surface area contributed by atoms with Crippen LogP contribution in [0.5, 0.6) is 0 Å². The van der Waals surface area contributed by atoms with Crippen molar-refractivity contribution in [1.29, 1.82) is 0 Å². The predicted molar refractivity (Wildman–Crippen MR) is 92.2 cm³/mol. The number of benzene rings is 2. The van der Waals surface area contributed by atoms with Gasteiger partial charge in [-0.25, -0.2) is 4.79 Å². The number of aromatic nitrogens is 1. The molecule has 0 bridgehead atoms. The summed E-state index contributed by atoms with van der Waals surface area (Å²) in [6, 6.07) is 23.1. The number of carbonyl (C=O) groups is 1. The van der Waals surface area contributed by atoms with Crippen molar-refractivity contribution in [2.75, 3.05) is 7.11 Å². The van der Waals surface area contributed by atoms with Gasteiger partial charge in [0.1, 0.15) is 5.56 Å². The lowest BCUT2D eigenvalue weighted by molar-refractivity contribution is 0.0598. The van der Waals surface area contributed by atoms with Crippen LogP contribution in [-0.2, 0) is 4.74 Å². The van der Waals surface area contributed by atoms with E-state index in [4.69, 9.17) is 0 Å². The number of H-pyrrole nitrogens is 1. The lowest BCUT2D eigenvalue weighted by Crippen LogP contribution is -2.21. The first-order chi connectivity index (χ1) is 11.7. The lowest BCUT2D eigenvalue weighted by atomic mass is 9.88. The minimum Gasteiger partial charge on any atom is -0.465 e. The molecular formula is C20H17NO3. The van der Waals surface area contributed by atoms with Crippen LogP contribution in [0.2, 0.25) is 0 Å². The summed E-state index contributed by atoms with van der Waals surface area (Å²) in [5, 5.41) is 0. The number of nitrogens with one attached hydrogen (secondary N) is 1. The fourth-order valence-electron chi connectivity index (χ4n) is 2.77.